The molecular formula is C15H26BrN3. The molecular weight excluding hydrogens is 302 g/mol. The third-order valence-corrected chi connectivity index (χ3v) is 3.71. The average molecular weight is 328 g/mol. The Morgan fingerprint density at radius 1 is 1.21 bits per heavy atom. The minimum atomic E-state index is 0.631. The van der Waals surface area contributed by atoms with Gasteiger partial charge in [-0.25, -0.2) is 0 Å². The number of nitrogen functional groups attached to an aromatic ring is 1. The second-order valence-electron chi connectivity index (χ2n) is 5.80. The molecule has 1 rings (SSSR count). The zero-order valence-electron chi connectivity index (χ0n) is 12.7. The number of halogens is 1. The molecule has 0 saturated carbocycles. The number of hydrogen-bond acceptors (Lipinski definition) is 3. The van der Waals surface area contributed by atoms with Crippen LogP contribution >= 0.6 is 15.9 Å². The van der Waals surface area contributed by atoms with Crippen molar-refractivity contribution in [1.82, 2.24) is 4.90 Å². The number of nitrogens with two attached hydrogens (primary N) is 1. The summed E-state index contributed by atoms with van der Waals surface area (Å²) in [6.07, 6.45) is 0. The van der Waals surface area contributed by atoms with Crippen LogP contribution in [0.1, 0.15) is 19.4 Å². The number of benzene rings is 1. The van der Waals surface area contributed by atoms with Crippen LogP contribution in [-0.2, 0) is 0 Å². The topological polar surface area (TPSA) is 32.5 Å². The van der Waals surface area contributed by atoms with E-state index in [0.717, 1.165) is 35.4 Å². The van der Waals surface area contributed by atoms with Crippen molar-refractivity contribution in [3.8, 4) is 0 Å². The number of rotatable bonds is 6. The molecule has 1 aromatic rings. The van der Waals surface area contributed by atoms with E-state index in [1.54, 1.807) is 0 Å². The summed E-state index contributed by atoms with van der Waals surface area (Å²) >= 11 is 3.64. The summed E-state index contributed by atoms with van der Waals surface area (Å²) in [6.45, 7) is 9.68. The third kappa shape index (κ3) is 5.03. The highest BCUT2D eigenvalue weighted by Gasteiger charge is 2.13. The molecule has 0 aliphatic rings. The van der Waals surface area contributed by atoms with Crippen molar-refractivity contribution in [2.75, 3.05) is 44.4 Å². The van der Waals surface area contributed by atoms with Crippen molar-refractivity contribution in [2.24, 2.45) is 5.92 Å². The van der Waals surface area contributed by atoms with E-state index in [2.05, 4.69) is 66.7 Å². The molecule has 1 aromatic carbocycles. The van der Waals surface area contributed by atoms with Gasteiger partial charge in [-0.3, -0.25) is 0 Å². The molecule has 0 aromatic heterocycles. The second kappa shape index (κ2) is 7.15. The quantitative estimate of drug-likeness (QED) is 0.813. The summed E-state index contributed by atoms with van der Waals surface area (Å²) in [4.78, 5) is 4.65. The van der Waals surface area contributed by atoms with Crippen molar-refractivity contribution in [3.63, 3.8) is 0 Å². The highest BCUT2D eigenvalue weighted by atomic mass is 79.9. The number of anilines is 2. The fourth-order valence-corrected chi connectivity index (χ4v) is 2.61. The van der Waals surface area contributed by atoms with Crippen LogP contribution in [0.2, 0.25) is 0 Å². The van der Waals surface area contributed by atoms with E-state index in [4.69, 9.17) is 5.73 Å². The molecule has 0 fully saturated rings. The largest absolute Gasteiger partial charge is 0.398 e. The summed E-state index contributed by atoms with van der Waals surface area (Å²) in [5.41, 5.74) is 9.17. The van der Waals surface area contributed by atoms with Gasteiger partial charge in [0.25, 0.3) is 0 Å². The maximum atomic E-state index is 5.96. The predicted molar refractivity (Wildman–Crippen MR) is 88.9 cm³/mol. The first-order valence-electron chi connectivity index (χ1n) is 6.76. The van der Waals surface area contributed by atoms with E-state index < -0.39 is 0 Å². The van der Waals surface area contributed by atoms with Crippen LogP contribution in [0.15, 0.2) is 16.6 Å². The standard InChI is InChI=1S/C15H26BrN3/c1-11(2)10-19(7-6-18(4)5)15-8-12(3)14(17)9-13(15)16/h8-9,11H,6-7,10,17H2,1-5H3. The van der Waals surface area contributed by atoms with E-state index in [1.165, 1.54) is 5.69 Å². The normalized spacial score (nSPS) is 11.4. The van der Waals surface area contributed by atoms with Gasteiger partial charge >= 0.3 is 0 Å². The van der Waals surface area contributed by atoms with Gasteiger partial charge in [0.1, 0.15) is 0 Å². The first-order chi connectivity index (χ1) is 8.81. The number of likely N-dealkylation sites (N-methyl/N-ethyl adjacent to an activating group) is 1. The van der Waals surface area contributed by atoms with Gasteiger partial charge in [0, 0.05) is 29.8 Å². The molecule has 0 aliphatic carbocycles. The minimum absolute atomic E-state index is 0.631. The number of aryl methyl sites for hydroxylation is 1. The monoisotopic (exact) mass is 327 g/mol. The van der Waals surface area contributed by atoms with Gasteiger partial charge in [-0.2, -0.15) is 0 Å². The Bertz CT molecular complexity index is 416. The van der Waals surface area contributed by atoms with E-state index >= 15 is 0 Å². The Morgan fingerprint density at radius 3 is 2.37 bits per heavy atom. The van der Waals surface area contributed by atoms with Gasteiger partial charge in [0.2, 0.25) is 0 Å². The minimum Gasteiger partial charge on any atom is -0.398 e. The summed E-state index contributed by atoms with van der Waals surface area (Å²) in [7, 11) is 4.22. The van der Waals surface area contributed by atoms with Crippen LogP contribution in [0.3, 0.4) is 0 Å². The molecule has 3 nitrogen and oxygen atoms in total. The van der Waals surface area contributed by atoms with Crippen LogP contribution < -0.4 is 10.6 Å². The Morgan fingerprint density at radius 2 is 1.84 bits per heavy atom. The lowest BCUT2D eigenvalue weighted by atomic mass is 10.1. The Kier molecular flexibility index (Phi) is 6.14. The maximum Gasteiger partial charge on any atom is 0.0515 e. The molecule has 108 valence electrons. The van der Waals surface area contributed by atoms with Gasteiger partial charge < -0.3 is 15.5 Å². The summed E-state index contributed by atoms with van der Waals surface area (Å²) in [5.74, 6) is 0.631. The highest BCUT2D eigenvalue weighted by molar-refractivity contribution is 9.10. The molecule has 0 radical (unpaired) electrons. The van der Waals surface area contributed by atoms with Crippen molar-refractivity contribution in [2.45, 2.75) is 20.8 Å². The van der Waals surface area contributed by atoms with Gasteiger partial charge in [-0.05, 0) is 60.6 Å². The van der Waals surface area contributed by atoms with Crippen molar-refractivity contribution in [1.29, 1.82) is 0 Å². The molecule has 0 amide bonds. The van der Waals surface area contributed by atoms with Crippen LogP contribution in [0.25, 0.3) is 0 Å². The molecule has 0 saturated heterocycles. The number of hydrogen-bond donors (Lipinski definition) is 1. The molecule has 0 spiro atoms. The summed E-state index contributed by atoms with van der Waals surface area (Å²) in [5, 5.41) is 0. The van der Waals surface area contributed by atoms with Crippen molar-refractivity contribution >= 4 is 27.3 Å². The highest BCUT2D eigenvalue weighted by Crippen LogP contribution is 2.31. The Balaban J connectivity index is 2.99. The van der Waals surface area contributed by atoms with Gasteiger partial charge in [-0.1, -0.05) is 13.8 Å². The predicted octanol–water partition coefficient (Wildman–Crippen LogP) is 3.36. The van der Waals surface area contributed by atoms with Crippen LogP contribution in [0, 0.1) is 12.8 Å². The fraction of sp³-hybridized carbons (Fsp3) is 0.600. The molecule has 0 bridgehead atoms. The van der Waals surface area contributed by atoms with Crippen molar-refractivity contribution < 1.29 is 0 Å². The zero-order chi connectivity index (χ0) is 14.6. The van der Waals surface area contributed by atoms with Gasteiger partial charge in [-0.15, -0.1) is 0 Å². The average Bonchev–Trinajstić information content (AvgIpc) is 2.29. The van der Waals surface area contributed by atoms with E-state index in [0.29, 0.717) is 5.92 Å². The maximum absolute atomic E-state index is 5.96. The molecule has 0 heterocycles. The lowest BCUT2D eigenvalue weighted by Gasteiger charge is -2.29. The molecule has 0 unspecified atom stereocenters. The lowest BCUT2D eigenvalue weighted by molar-refractivity contribution is 0.409. The third-order valence-electron chi connectivity index (χ3n) is 3.08. The smallest absolute Gasteiger partial charge is 0.0515 e. The van der Waals surface area contributed by atoms with E-state index in [-0.39, 0.29) is 0 Å². The molecule has 4 heteroatoms. The molecule has 19 heavy (non-hydrogen) atoms. The van der Waals surface area contributed by atoms with Crippen LogP contribution in [0.5, 0.6) is 0 Å². The van der Waals surface area contributed by atoms with Crippen molar-refractivity contribution in [3.05, 3.63) is 22.2 Å². The zero-order valence-corrected chi connectivity index (χ0v) is 14.3. The van der Waals surface area contributed by atoms with Crippen LogP contribution in [-0.4, -0.2) is 38.6 Å². The Hall–Kier alpha value is -0.740. The second-order valence-corrected chi connectivity index (χ2v) is 6.66. The Labute approximate surface area is 125 Å². The van der Waals surface area contributed by atoms with Crippen LogP contribution in [0.4, 0.5) is 11.4 Å². The summed E-state index contributed by atoms with van der Waals surface area (Å²) < 4.78 is 1.08. The molecule has 0 aliphatic heterocycles. The first-order valence-corrected chi connectivity index (χ1v) is 7.56. The fourth-order valence-electron chi connectivity index (χ4n) is 2.00. The lowest BCUT2D eigenvalue weighted by Crippen LogP contribution is -2.34. The molecule has 2 N–H and O–H groups in total. The number of nitrogens with zero attached hydrogens (tertiary/aromatic N) is 2. The van der Waals surface area contributed by atoms with Gasteiger partial charge in [0.05, 0.1) is 5.69 Å². The van der Waals surface area contributed by atoms with E-state index in [9.17, 15) is 0 Å². The van der Waals surface area contributed by atoms with E-state index in [1.807, 2.05) is 6.07 Å². The molecule has 0 atom stereocenters. The summed E-state index contributed by atoms with van der Waals surface area (Å²) in [6, 6.07) is 4.19. The first kappa shape index (κ1) is 16.3. The van der Waals surface area contributed by atoms with Gasteiger partial charge in [0.15, 0.2) is 0 Å². The SMILES string of the molecule is Cc1cc(N(CCN(C)C)CC(C)C)c(Br)cc1N.